The second-order valence-corrected chi connectivity index (χ2v) is 8.13. The van der Waals surface area contributed by atoms with Gasteiger partial charge in [0.25, 0.3) is 5.91 Å². The van der Waals surface area contributed by atoms with Crippen molar-refractivity contribution >= 4 is 21.6 Å². The first-order valence-corrected chi connectivity index (χ1v) is 9.50. The summed E-state index contributed by atoms with van der Waals surface area (Å²) in [6.45, 7) is 9.03. The topological polar surface area (TPSA) is 101 Å². The van der Waals surface area contributed by atoms with Gasteiger partial charge in [-0.25, -0.2) is 13.1 Å². The summed E-state index contributed by atoms with van der Waals surface area (Å²) < 4.78 is 31.9. The van der Waals surface area contributed by atoms with Gasteiger partial charge in [0.15, 0.2) is 5.76 Å². The molecule has 2 rings (SSSR count). The number of aromatic nitrogens is 1. The van der Waals surface area contributed by atoms with Crippen LogP contribution in [-0.2, 0) is 10.0 Å². The molecule has 1 heterocycles. The van der Waals surface area contributed by atoms with Crippen molar-refractivity contribution in [2.45, 2.75) is 51.5 Å². The number of hydrogen-bond donors (Lipinski definition) is 2. The number of benzene rings is 1. The van der Waals surface area contributed by atoms with Gasteiger partial charge in [0, 0.05) is 17.6 Å². The third-order valence-electron chi connectivity index (χ3n) is 3.45. The Morgan fingerprint density at radius 1 is 1.12 bits per heavy atom. The van der Waals surface area contributed by atoms with Gasteiger partial charge in [-0.05, 0) is 45.0 Å². The first-order chi connectivity index (χ1) is 11.6. The van der Waals surface area contributed by atoms with Crippen molar-refractivity contribution in [2.24, 2.45) is 0 Å². The highest BCUT2D eigenvalue weighted by molar-refractivity contribution is 7.89. The summed E-state index contributed by atoms with van der Waals surface area (Å²) in [5, 5.41) is 6.60. The van der Waals surface area contributed by atoms with Gasteiger partial charge in [-0.3, -0.25) is 4.79 Å². The molecule has 0 saturated heterocycles. The molecule has 7 nitrogen and oxygen atoms in total. The minimum Gasteiger partial charge on any atom is -0.360 e. The van der Waals surface area contributed by atoms with E-state index in [9.17, 15) is 13.2 Å². The van der Waals surface area contributed by atoms with E-state index in [-0.39, 0.29) is 22.8 Å². The number of rotatable bonds is 6. The van der Waals surface area contributed by atoms with Crippen LogP contribution in [0.1, 0.15) is 55.4 Å². The van der Waals surface area contributed by atoms with Gasteiger partial charge in [0.1, 0.15) is 5.56 Å². The Bertz CT molecular complexity index is 853. The Labute approximate surface area is 147 Å². The molecule has 0 aliphatic heterocycles. The van der Waals surface area contributed by atoms with E-state index in [1.807, 2.05) is 13.8 Å². The van der Waals surface area contributed by atoms with Crippen molar-refractivity contribution in [3.63, 3.8) is 0 Å². The number of amides is 1. The number of carbonyl (C=O) groups is 1. The standard InChI is InChI=1S/C17H23N3O4S/c1-10(2)16-15(12(5)19-24-16)17(21)18-13-6-8-14(9-7-13)25(22,23)20-11(3)4/h6-11,20H,1-5H3,(H,18,21). The van der Waals surface area contributed by atoms with Crippen molar-refractivity contribution in [1.29, 1.82) is 0 Å². The smallest absolute Gasteiger partial charge is 0.261 e. The predicted octanol–water partition coefficient (Wildman–Crippen LogP) is 3.05. The van der Waals surface area contributed by atoms with E-state index < -0.39 is 10.0 Å². The van der Waals surface area contributed by atoms with Crippen molar-refractivity contribution in [3.8, 4) is 0 Å². The molecule has 0 unspecified atom stereocenters. The first kappa shape index (κ1) is 19.1. The minimum atomic E-state index is -3.56. The van der Waals surface area contributed by atoms with Crippen LogP contribution >= 0.6 is 0 Å². The van der Waals surface area contributed by atoms with Crippen LogP contribution in [0.5, 0.6) is 0 Å². The molecule has 8 heteroatoms. The third kappa shape index (κ3) is 4.46. The number of nitrogens with zero attached hydrogens (tertiary/aromatic N) is 1. The molecule has 136 valence electrons. The van der Waals surface area contributed by atoms with Crippen LogP contribution < -0.4 is 10.0 Å². The second kappa shape index (κ2) is 7.37. The van der Waals surface area contributed by atoms with E-state index in [2.05, 4.69) is 15.2 Å². The largest absolute Gasteiger partial charge is 0.360 e. The number of carbonyl (C=O) groups excluding carboxylic acids is 1. The molecule has 0 fully saturated rings. The molecular formula is C17H23N3O4S. The summed E-state index contributed by atoms with van der Waals surface area (Å²) in [6, 6.07) is 5.79. The van der Waals surface area contributed by atoms with E-state index in [1.54, 1.807) is 32.9 Å². The second-order valence-electron chi connectivity index (χ2n) is 6.42. The molecule has 0 saturated carbocycles. The van der Waals surface area contributed by atoms with E-state index >= 15 is 0 Å². The molecule has 1 aromatic heterocycles. The lowest BCUT2D eigenvalue weighted by atomic mass is 10.0. The average molecular weight is 365 g/mol. The SMILES string of the molecule is Cc1noc(C(C)C)c1C(=O)Nc1ccc(S(=O)(=O)NC(C)C)cc1. The average Bonchev–Trinajstić information content (AvgIpc) is 2.88. The quantitative estimate of drug-likeness (QED) is 0.819. The summed E-state index contributed by atoms with van der Waals surface area (Å²) in [4.78, 5) is 12.6. The molecule has 0 radical (unpaired) electrons. The lowest BCUT2D eigenvalue weighted by molar-refractivity contribution is 0.102. The zero-order chi connectivity index (χ0) is 18.8. The summed E-state index contributed by atoms with van der Waals surface area (Å²) in [7, 11) is -3.56. The van der Waals surface area contributed by atoms with Crippen molar-refractivity contribution in [3.05, 3.63) is 41.3 Å². The van der Waals surface area contributed by atoms with Gasteiger partial charge >= 0.3 is 0 Å². The lowest BCUT2D eigenvalue weighted by Gasteiger charge is -2.11. The maximum atomic E-state index is 12.5. The van der Waals surface area contributed by atoms with Crippen molar-refractivity contribution in [1.82, 2.24) is 9.88 Å². The summed E-state index contributed by atoms with van der Waals surface area (Å²) in [6.07, 6.45) is 0. The Hall–Kier alpha value is -2.19. The normalized spacial score (nSPS) is 12.0. The molecule has 2 N–H and O–H groups in total. The number of aryl methyl sites for hydroxylation is 1. The zero-order valence-corrected chi connectivity index (χ0v) is 15.8. The van der Waals surface area contributed by atoms with Gasteiger partial charge in [-0.2, -0.15) is 0 Å². The highest BCUT2D eigenvalue weighted by Crippen LogP contribution is 2.23. The molecule has 2 aromatic rings. The fourth-order valence-electron chi connectivity index (χ4n) is 2.35. The van der Waals surface area contributed by atoms with Gasteiger partial charge in [0.05, 0.1) is 10.6 Å². The van der Waals surface area contributed by atoms with Gasteiger partial charge in [-0.1, -0.05) is 19.0 Å². The highest BCUT2D eigenvalue weighted by Gasteiger charge is 2.23. The minimum absolute atomic E-state index is 0.0246. The van der Waals surface area contributed by atoms with Crippen LogP contribution in [-0.4, -0.2) is 25.5 Å². The van der Waals surface area contributed by atoms with Crippen molar-refractivity contribution in [2.75, 3.05) is 5.32 Å². The van der Waals surface area contributed by atoms with Crippen LogP contribution in [0.2, 0.25) is 0 Å². The molecule has 0 bridgehead atoms. The fourth-order valence-corrected chi connectivity index (χ4v) is 3.60. The summed E-state index contributed by atoms with van der Waals surface area (Å²) in [5.74, 6) is 0.213. The van der Waals surface area contributed by atoms with Gasteiger partial charge in [-0.15, -0.1) is 0 Å². The molecule has 0 spiro atoms. The molecule has 0 aliphatic rings. The third-order valence-corrected chi connectivity index (χ3v) is 5.13. The fraction of sp³-hybridized carbons (Fsp3) is 0.412. The Morgan fingerprint density at radius 2 is 1.72 bits per heavy atom. The molecule has 25 heavy (non-hydrogen) atoms. The summed E-state index contributed by atoms with van der Waals surface area (Å²) >= 11 is 0. The van der Waals surface area contributed by atoms with E-state index in [4.69, 9.17) is 4.52 Å². The molecule has 1 aromatic carbocycles. The lowest BCUT2D eigenvalue weighted by Crippen LogP contribution is -2.30. The van der Waals surface area contributed by atoms with E-state index in [0.29, 0.717) is 22.7 Å². The molecular weight excluding hydrogens is 342 g/mol. The van der Waals surface area contributed by atoms with Gasteiger partial charge in [0.2, 0.25) is 10.0 Å². The zero-order valence-electron chi connectivity index (χ0n) is 15.0. The van der Waals surface area contributed by atoms with E-state index in [1.165, 1.54) is 12.1 Å². The van der Waals surface area contributed by atoms with Crippen LogP contribution in [0.4, 0.5) is 5.69 Å². The molecule has 0 atom stereocenters. The number of sulfonamides is 1. The van der Waals surface area contributed by atoms with Crippen LogP contribution in [0.3, 0.4) is 0 Å². The van der Waals surface area contributed by atoms with Crippen LogP contribution in [0, 0.1) is 6.92 Å². The maximum absolute atomic E-state index is 12.5. The maximum Gasteiger partial charge on any atom is 0.261 e. The molecule has 0 aliphatic carbocycles. The molecule has 1 amide bonds. The van der Waals surface area contributed by atoms with Gasteiger partial charge < -0.3 is 9.84 Å². The number of nitrogens with one attached hydrogen (secondary N) is 2. The number of hydrogen-bond acceptors (Lipinski definition) is 5. The predicted molar refractivity (Wildman–Crippen MR) is 95.2 cm³/mol. The van der Waals surface area contributed by atoms with E-state index in [0.717, 1.165) is 0 Å². The Kier molecular flexibility index (Phi) is 5.64. The highest BCUT2D eigenvalue weighted by atomic mass is 32.2. The number of anilines is 1. The monoisotopic (exact) mass is 365 g/mol. The Balaban J connectivity index is 2.20. The summed E-state index contributed by atoms with van der Waals surface area (Å²) in [5.41, 5.74) is 1.42. The Morgan fingerprint density at radius 3 is 2.24 bits per heavy atom. The van der Waals surface area contributed by atoms with Crippen LogP contribution in [0.25, 0.3) is 0 Å². The first-order valence-electron chi connectivity index (χ1n) is 8.01. The van der Waals surface area contributed by atoms with Crippen LogP contribution in [0.15, 0.2) is 33.7 Å². The van der Waals surface area contributed by atoms with Crippen molar-refractivity contribution < 1.29 is 17.7 Å².